The average molecular weight is 346 g/mol. The molecular formula is C14H22N2O4S2. The van der Waals surface area contributed by atoms with Gasteiger partial charge in [-0.1, -0.05) is 13.0 Å². The average Bonchev–Trinajstić information content (AvgIpc) is 2.82. The summed E-state index contributed by atoms with van der Waals surface area (Å²) in [4.78, 5) is 0.0640. The lowest BCUT2D eigenvalue weighted by molar-refractivity contribution is 0.349. The SMILES string of the molecule is Cc1ccc(S(C)(=O)=O)cc1S(=O)(=O)N1CCC(C)(CN)C1. The molecule has 1 saturated heterocycles. The first-order valence-corrected chi connectivity index (χ1v) is 10.3. The van der Waals surface area contributed by atoms with E-state index in [9.17, 15) is 16.8 Å². The zero-order valence-corrected chi connectivity index (χ0v) is 14.7. The molecule has 1 unspecified atom stereocenters. The van der Waals surface area contributed by atoms with Gasteiger partial charge in [-0.15, -0.1) is 0 Å². The van der Waals surface area contributed by atoms with Crippen molar-refractivity contribution in [3.63, 3.8) is 0 Å². The summed E-state index contributed by atoms with van der Waals surface area (Å²) in [5, 5.41) is 0. The predicted molar refractivity (Wildman–Crippen MR) is 84.8 cm³/mol. The van der Waals surface area contributed by atoms with Crippen molar-refractivity contribution in [1.29, 1.82) is 0 Å². The number of sulfonamides is 1. The van der Waals surface area contributed by atoms with Gasteiger partial charge in [-0.3, -0.25) is 0 Å². The minimum Gasteiger partial charge on any atom is -0.330 e. The van der Waals surface area contributed by atoms with Gasteiger partial charge < -0.3 is 5.73 Å². The lowest BCUT2D eigenvalue weighted by atomic mass is 9.90. The summed E-state index contributed by atoms with van der Waals surface area (Å²) in [6.45, 7) is 4.80. The number of hydrogen-bond acceptors (Lipinski definition) is 5. The lowest BCUT2D eigenvalue weighted by Gasteiger charge is -2.23. The van der Waals surface area contributed by atoms with Gasteiger partial charge in [-0.2, -0.15) is 4.31 Å². The Morgan fingerprint density at radius 1 is 1.27 bits per heavy atom. The maximum atomic E-state index is 12.8. The molecule has 0 spiro atoms. The number of hydrogen-bond donors (Lipinski definition) is 1. The highest BCUT2D eigenvalue weighted by Crippen LogP contribution is 2.33. The third-order valence-electron chi connectivity index (χ3n) is 4.22. The number of sulfone groups is 1. The molecule has 2 N–H and O–H groups in total. The van der Waals surface area contributed by atoms with E-state index >= 15 is 0 Å². The molecule has 1 aromatic rings. The van der Waals surface area contributed by atoms with Crippen LogP contribution >= 0.6 is 0 Å². The highest BCUT2D eigenvalue weighted by Gasteiger charge is 2.39. The molecule has 1 aliphatic rings. The minimum absolute atomic E-state index is 0.0115. The van der Waals surface area contributed by atoms with Gasteiger partial charge in [0.15, 0.2) is 9.84 Å². The van der Waals surface area contributed by atoms with Crippen LogP contribution < -0.4 is 5.73 Å². The highest BCUT2D eigenvalue weighted by atomic mass is 32.2. The Kier molecular flexibility index (Phi) is 4.42. The molecule has 1 heterocycles. The molecule has 0 radical (unpaired) electrons. The van der Waals surface area contributed by atoms with Crippen LogP contribution in [0.25, 0.3) is 0 Å². The Balaban J connectivity index is 2.47. The van der Waals surface area contributed by atoms with Crippen molar-refractivity contribution >= 4 is 19.9 Å². The lowest BCUT2D eigenvalue weighted by Crippen LogP contribution is -2.34. The molecule has 0 amide bonds. The smallest absolute Gasteiger partial charge is 0.243 e. The van der Waals surface area contributed by atoms with Crippen LogP contribution in [0, 0.1) is 12.3 Å². The normalized spacial score (nSPS) is 23.8. The van der Waals surface area contributed by atoms with Crippen LogP contribution in [0.4, 0.5) is 0 Å². The van der Waals surface area contributed by atoms with Gasteiger partial charge in [-0.05, 0) is 43.0 Å². The Morgan fingerprint density at radius 2 is 1.91 bits per heavy atom. The fourth-order valence-corrected chi connectivity index (χ4v) is 5.14. The van der Waals surface area contributed by atoms with Crippen LogP contribution in [0.5, 0.6) is 0 Å². The topological polar surface area (TPSA) is 97.5 Å². The third kappa shape index (κ3) is 3.19. The first-order chi connectivity index (χ1) is 9.99. The van der Waals surface area contributed by atoms with E-state index in [4.69, 9.17) is 5.73 Å². The van der Waals surface area contributed by atoms with Gasteiger partial charge >= 0.3 is 0 Å². The summed E-state index contributed by atoms with van der Waals surface area (Å²) < 4.78 is 50.4. The van der Waals surface area contributed by atoms with E-state index in [0.717, 1.165) is 6.26 Å². The molecule has 0 bridgehead atoms. The summed E-state index contributed by atoms with van der Waals surface area (Å²) >= 11 is 0. The van der Waals surface area contributed by atoms with Crippen LogP contribution in [0.2, 0.25) is 0 Å². The molecular weight excluding hydrogens is 324 g/mol. The van der Waals surface area contributed by atoms with Crippen LogP contribution in [0.15, 0.2) is 28.0 Å². The fourth-order valence-electron chi connectivity index (χ4n) is 2.58. The van der Waals surface area contributed by atoms with E-state index in [-0.39, 0.29) is 15.2 Å². The zero-order chi connectivity index (χ0) is 16.8. The molecule has 1 atom stereocenters. The Bertz CT molecular complexity index is 787. The minimum atomic E-state index is -3.72. The van der Waals surface area contributed by atoms with Crippen molar-refractivity contribution in [2.24, 2.45) is 11.1 Å². The van der Waals surface area contributed by atoms with Gasteiger partial charge in [0.25, 0.3) is 0 Å². The van der Waals surface area contributed by atoms with Crippen LogP contribution in [0.1, 0.15) is 18.9 Å². The van der Waals surface area contributed by atoms with Crippen molar-refractivity contribution in [2.45, 2.75) is 30.1 Å². The van der Waals surface area contributed by atoms with E-state index in [1.54, 1.807) is 6.92 Å². The number of aryl methyl sites for hydroxylation is 1. The molecule has 8 heteroatoms. The monoisotopic (exact) mass is 346 g/mol. The second-order valence-corrected chi connectivity index (χ2v) is 10.2. The summed E-state index contributed by atoms with van der Waals surface area (Å²) in [5.41, 5.74) is 6.03. The van der Waals surface area contributed by atoms with Gasteiger partial charge in [0.05, 0.1) is 9.79 Å². The Hall–Kier alpha value is -0.960. The molecule has 2 rings (SSSR count). The molecule has 124 valence electrons. The first-order valence-electron chi connectivity index (χ1n) is 7.01. The van der Waals surface area contributed by atoms with Gasteiger partial charge in [-0.25, -0.2) is 16.8 Å². The quantitative estimate of drug-likeness (QED) is 0.868. The standard InChI is InChI=1S/C14H22N2O4S2/c1-11-4-5-12(21(3,17)18)8-13(11)22(19,20)16-7-6-14(2,9-15)10-16/h4-5,8H,6-7,9-10,15H2,1-3H3. The highest BCUT2D eigenvalue weighted by molar-refractivity contribution is 7.91. The Morgan fingerprint density at radius 3 is 2.41 bits per heavy atom. The molecule has 6 nitrogen and oxygen atoms in total. The molecule has 0 saturated carbocycles. The number of nitrogens with two attached hydrogens (primary N) is 1. The maximum Gasteiger partial charge on any atom is 0.243 e. The molecule has 22 heavy (non-hydrogen) atoms. The summed E-state index contributed by atoms with van der Waals surface area (Å²) in [5.74, 6) is 0. The van der Waals surface area contributed by atoms with Gasteiger partial charge in [0.2, 0.25) is 10.0 Å². The number of benzene rings is 1. The van der Waals surface area contributed by atoms with E-state index < -0.39 is 19.9 Å². The molecule has 0 aromatic heterocycles. The van der Waals surface area contributed by atoms with Crippen molar-refractivity contribution < 1.29 is 16.8 Å². The van der Waals surface area contributed by atoms with Crippen molar-refractivity contribution in [1.82, 2.24) is 4.31 Å². The predicted octanol–water partition coefficient (Wildman–Crippen LogP) is 0.758. The number of rotatable bonds is 4. The maximum absolute atomic E-state index is 12.8. The van der Waals surface area contributed by atoms with Crippen molar-refractivity contribution in [2.75, 3.05) is 25.9 Å². The summed E-state index contributed by atoms with van der Waals surface area (Å²) in [6.07, 6.45) is 1.77. The van der Waals surface area contributed by atoms with Crippen molar-refractivity contribution in [3.05, 3.63) is 23.8 Å². The van der Waals surface area contributed by atoms with E-state index in [1.165, 1.54) is 22.5 Å². The van der Waals surface area contributed by atoms with Crippen LogP contribution in [0.3, 0.4) is 0 Å². The molecule has 1 aromatic carbocycles. The molecule has 0 aliphatic carbocycles. The van der Waals surface area contributed by atoms with Crippen molar-refractivity contribution in [3.8, 4) is 0 Å². The third-order valence-corrected chi connectivity index (χ3v) is 7.32. The largest absolute Gasteiger partial charge is 0.330 e. The zero-order valence-electron chi connectivity index (χ0n) is 13.0. The number of nitrogens with zero attached hydrogens (tertiary/aromatic N) is 1. The second kappa shape index (κ2) is 5.59. The van der Waals surface area contributed by atoms with Gasteiger partial charge in [0, 0.05) is 19.3 Å². The summed E-state index contributed by atoms with van der Waals surface area (Å²) in [6, 6.07) is 4.21. The Labute approximate surface area is 132 Å². The van der Waals surface area contributed by atoms with Gasteiger partial charge in [0.1, 0.15) is 0 Å². The van der Waals surface area contributed by atoms with E-state index in [0.29, 0.717) is 31.6 Å². The van der Waals surface area contributed by atoms with Crippen LogP contribution in [-0.2, 0) is 19.9 Å². The summed E-state index contributed by atoms with van der Waals surface area (Å²) in [7, 11) is -7.18. The molecule has 1 fully saturated rings. The first kappa shape index (κ1) is 17.4. The second-order valence-electron chi connectivity index (χ2n) is 6.30. The van der Waals surface area contributed by atoms with E-state index in [1.807, 2.05) is 6.92 Å². The molecule has 1 aliphatic heterocycles. The van der Waals surface area contributed by atoms with Crippen LogP contribution in [-0.4, -0.2) is 47.0 Å². The van der Waals surface area contributed by atoms with E-state index in [2.05, 4.69) is 0 Å². The fraction of sp³-hybridized carbons (Fsp3) is 0.571.